The van der Waals surface area contributed by atoms with Gasteiger partial charge in [-0.1, -0.05) is 92.2 Å². The predicted octanol–water partition coefficient (Wildman–Crippen LogP) is 10.0. The molecule has 2 heterocycles. The maximum atomic E-state index is 6.12. The Bertz CT molecular complexity index is 1900. The van der Waals surface area contributed by atoms with Gasteiger partial charge in [0.1, 0.15) is 17.7 Å². The molecule has 0 aliphatic carbocycles. The van der Waals surface area contributed by atoms with Gasteiger partial charge in [0.25, 0.3) is 0 Å². The molecule has 0 aliphatic rings. The first-order valence-electron chi connectivity index (χ1n) is 13.9. The van der Waals surface area contributed by atoms with Gasteiger partial charge in [0.15, 0.2) is 0 Å². The Labute approximate surface area is 234 Å². The minimum absolute atomic E-state index is 0.879. The summed E-state index contributed by atoms with van der Waals surface area (Å²) in [7, 11) is 0. The van der Waals surface area contributed by atoms with Gasteiger partial charge in [-0.15, -0.1) is 0 Å². The number of nitrogens with zero attached hydrogens (tertiary/aromatic N) is 2. The molecule has 0 N–H and O–H groups in total. The summed E-state index contributed by atoms with van der Waals surface area (Å²) >= 11 is 0. The summed E-state index contributed by atoms with van der Waals surface area (Å²) in [6.07, 6.45) is 4.00. The SMILES string of the molecule is CCCc1ccc2occ(-c3nc4ccccc4n3-c3c(-c4ccccc4)cc(C)cc3-c3ccccc3)c2c1. The van der Waals surface area contributed by atoms with Crippen LogP contribution in [0.2, 0.25) is 0 Å². The van der Waals surface area contributed by atoms with Crippen LogP contribution in [0, 0.1) is 6.92 Å². The summed E-state index contributed by atoms with van der Waals surface area (Å²) < 4.78 is 8.46. The van der Waals surface area contributed by atoms with Gasteiger partial charge in [0.05, 0.1) is 22.3 Å². The van der Waals surface area contributed by atoms with Crippen LogP contribution in [0.1, 0.15) is 24.5 Å². The van der Waals surface area contributed by atoms with Crippen molar-refractivity contribution in [3.63, 3.8) is 0 Å². The molecule has 0 atom stereocenters. The minimum Gasteiger partial charge on any atom is -0.464 e. The molecule has 0 radical (unpaired) electrons. The van der Waals surface area contributed by atoms with Crippen LogP contribution < -0.4 is 0 Å². The third kappa shape index (κ3) is 4.11. The third-order valence-corrected chi connectivity index (χ3v) is 7.63. The van der Waals surface area contributed by atoms with E-state index in [1.54, 1.807) is 0 Å². The van der Waals surface area contributed by atoms with Crippen LogP contribution in [-0.2, 0) is 6.42 Å². The van der Waals surface area contributed by atoms with Gasteiger partial charge in [0, 0.05) is 16.5 Å². The van der Waals surface area contributed by atoms with Gasteiger partial charge in [-0.2, -0.15) is 0 Å². The molecule has 0 saturated heterocycles. The second-order valence-corrected chi connectivity index (χ2v) is 10.4. The standard InChI is InChI=1S/C37H30N2O/c1-3-12-26-19-20-35-31(23-26)32(24-40-35)37-38-33-17-10-11-18-34(33)39(37)36-29(27-13-6-4-7-14-27)21-25(2)22-30(36)28-15-8-5-9-16-28/h4-11,13-24H,3,12H2,1-2H3. The average molecular weight is 519 g/mol. The molecule has 0 spiro atoms. The first-order chi connectivity index (χ1) is 19.7. The number of fused-ring (bicyclic) bond motifs is 2. The normalized spacial score (nSPS) is 11.4. The summed E-state index contributed by atoms with van der Waals surface area (Å²) in [5, 5.41) is 1.09. The Morgan fingerprint density at radius 2 is 1.35 bits per heavy atom. The van der Waals surface area contributed by atoms with Crippen LogP contribution in [0.3, 0.4) is 0 Å². The van der Waals surface area contributed by atoms with Crippen molar-refractivity contribution in [2.75, 3.05) is 0 Å². The summed E-state index contributed by atoms with van der Waals surface area (Å²) in [4.78, 5) is 5.25. The molecule has 3 nitrogen and oxygen atoms in total. The minimum atomic E-state index is 0.879. The van der Waals surface area contributed by atoms with Crippen molar-refractivity contribution in [2.45, 2.75) is 26.7 Å². The number of furan rings is 1. The van der Waals surface area contributed by atoms with E-state index in [-0.39, 0.29) is 0 Å². The maximum absolute atomic E-state index is 6.12. The number of aromatic nitrogens is 2. The molecule has 0 bridgehead atoms. The first kappa shape index (κ1) is 24.2. The Morgan fingerprint density at radius 1 is 0.700 bits per heavy atom. The second-order valence-electron chi connectivity index (χ2n) is 10.4. The molecule has 0 fully saturated rings. The highest BCUT2D eigenvalue weighted by Crippen LogP contribution is 2.42. The van der Waals surface area contributed by atoms with Crippen molar-refractivity contribution in [2.24, 2.45) is 0 Å². The van der Waals surface area contributed by atoms with Gasteiger partial charge in [-0.3, -0.25) is 4.57 Å². The van der Waals surface area contributed by atoms with Crippen LogP contribution in [0.5, 0.6) is 0 Å². The van der Waals surface area contributed by atoms with Crippen LogP contribution in [0.25, 0.3) is 61.3 Å². The lowest BCUT2D eigenvalue weighted by Gasteiger charge is -2.20. The first-order valence-corrected chi connectivity index (χ1v) is 13.9. The van der Waals surface area contributed by atoms with Crippen LogP contribution in [0.15, 0.2) is 126 Å². The Kier molecular flexibility index (Phi) is 6.05. The highest BCUT2D eigenvalue weighted by Gasteiger charge is 2.24. The maximum Gasteiger partial charge on any atom is 0.149 e. The Morgan fingerprint density at radius 3 is 2.02 bits per heavy atom. The van der Waals surface area contributed by atoms with Crippen molar-refractivity contribution in [1.29, 1.82) is 0 Å². The van der Waals surface area contributed by atoms with E-state index in [0.29, 0.717) is 0 Å². The zero-order valence-corrected chi connectivity index (χ0v) is 22.8. The molecule has 7 rings (SSSR count). The zero-order chi connectivity index (χ0) is 27.1. The molecule has 0 amide bonds. The summed E-state index contributed by atoms with van der Waals surface area (Å²) in [5.74, 6) is 0.881. The molecule has 2 aromatic heterocycles. The lowest BCUT2D eigenvalue weighted by Crippen LogP contribution is -2.03. The lowest BCUT2D eigenvalue weighted by atomic mass is 9.93. The Balaban J connectivity index is 1.61. The van der Waals surface area contributed by atoms with Crippen molar-refractivity contribution in [3.05, 3.63) is 133 Å². The quantitative estimate of drug-likeness (QED) is 0.219. The molecule has 0 aliphatic heterocycles. The van der Waals surface area contributed by atoms with Gasteiger partial charge in [0.2, 0.25) is 0 Å². The van der Waals surface area contributed by atoms with E-state index in [1.807, 2.05) is 6.26 Å². The summed E-state index contributed by atoms with van der Waals surface area (Å²) in [5.41, 5.74) is 12.2. The largest absolute Gasteiger partial charge is 0.464 e. The summed E-state index contributed by atoms with van der Waals surface area (Å²) in [6, 6.07) is 40.9. The molecule has 40 heavy (non-hydrogen) atoms. The number of benzene rings is 5. The van der Waals surface area contributed by atoms with E-state index in [9.17, 15) is 0 Å². The van der Waals surface area contributed by atoms with Crippen molar-refractivity contribution >= 4 is 22.0 Å². The fourth-order valence-electron chi connectivity index (χ4n) is 5.82. The van der Waals surface area contributed by atoms with Crippen LogP contribution in [-0.4, -0.2) is 9.55 Å². The Hall–Kier alpha value is -4.89. The fraction of sp³-hybridized carbons (Fsp3) is 0.108. The monoisotopic (exact) mass is 518 g/mol. The molecule has 3 heteroatoms. The van der Waals surface area contributed by atoms with Gasteiger partial charge in [-0.05, 0) is 72.0 Å². The van der Waals surface area contributed by atoms with E-state index in [0.717, 1.165) is 51.9 Å². The van der Waals surface area contributed by atoms with E-state index in [4.69, 9.17) is 9.40 Å². The number of rotatable bonds is 6. The number of hydrogen-bond acceptors (Lipinski definition) is 2. The molecule has 0 unspecified atom stereocenters. The predicted molar refractivity (Wildman–Crippen MR) is 166 cm³/mol. The smallest absolute Gasteiger partial charge is 0.149 e. The molecule has 0 saturated carbocycles. The van der Waals surface area contributed by atoms with E-state index in [1.165, 1.54) is 33.4 Å². The van der Waals surface area contributed by atoms with Gasteiger partial charge < -0.3 is 4.42 Å². The number of imidazole rings is 1. The lowest BCUT2D eigenvalue weighted by molar-refractivity contribution is 0.616. The van der Waals surface area contributed by atoms with E-state index in [2.05, 4.69) is 134 Å². The number of aryl methyl sites for hydroxylation is 2. The molecule has 5 aromatic carbocycles. The molecular weight excluding hydrogens is 488 g/mol. The zero-order valence-electron chi connectivity index (χ0n) is 22.8. The summed E-state index contributed by atoms with van der Waals surface area (Å²) in [6.45, 7) is 4.39. The van der Waals surface area contributed by atoms with E-state index >= 15 is 0 Å². The van der Waals surface area contributed by atoms with Crippen LogP contribution in [0.4, 0.5) is 0 Å². The van der Waals surface area contributed by atoms with E-state index < -0.39 is 0 Å². The molecule has 7 aromatic rings. The van der Waals surface area contributed by atoms with Gasteiger partial charge >= 0.3 is 0 Å². The highest BCUT2D eigenvalue weighted by molar-refractivity contribution is 5.98. The molecule has 194 valence electrons. The van der Waals surface area contributed by atoms with Crippen molar-refractivity contribution in [3.8, 4) is 39.3 Å². The highest BCUT2D eigenvalue weighted by atomic mass is 16.3. The second kappa shape index (κ2) is 10.0. The number of para-hydroxylation sites is 2. The van der Waals surface area contributed by atoms with Gasteiger partial charge in [-0.25, -0.2) is 4.98 Å². The fourth-order valence-corrected chi connectivity index (χ4v) is 5.82. The third-order valence-electron chi connectivity index (χ3n) is 7.63. The average Bonchev–Trinajstić information content (AvgIpc) is 3.59. The van der Waals surface area contributed by atoms with Crippen LogP contribution >= 0.6 is 0 Å². The van der Waals surface area contributed by atoms with Crippen molar-refractivity contribution in [1.82, 2.24) is 9.55 Å². The number of hydrogen-bond donors (Lipinski definition) is 0. The topological polar surface area (TPSA) is 31.0 Å². The van der Waals surface area contributed by atoms with Crippen molar-refractivity contribution < 1.29 is 4.42 Å². The molecular formula is C37H30N2O.